The van der Waals surface area contributed by atoms with Gasteiger partial charge in [-0.2, -0.15) is 0 Å². The number of hydrogen-bond acceptors (Lipinski definition) is 8. The lowest BCUT2D eigenvalue weighted by Crippen LogP contribution is -2.23. The van der Waals surface area contributed by atoms with Gasteiger partial charge in [0, 0.05) is 29.1 Å². The maximum absolute atomic E-state index is 12.7. The molecular formula is C22H24N2O6S. The molecule has 0 fully saturated rings. The molecule has 0 saturated carbocycles. The van der Waals surface area contributed by atoms with Crippen LogP contribution in [0.5, 0.6) is 28.7 Å². The van der Waals surface area contributed by atoms with Crippen molar-refractivity contribution in [3.8, 4) is 39.3 Å². The molecule has 1 aromatic heterocycles. The summed E-state index contributed by atoms with van der Waals surface area (Å²) in [6, 6.07) is 9.00. The lowest BCUT2D eigenvalue weighted by Gasteiger charge is -2.14. The zero-order chi connectivity index (χ0) is 22.4. The zero-order valence-electron chi connectivity index (χ0n) is 18.0. The van der Waals surface area contributed by atoms with Crippen molar-refractivity contribution in [2.45, 2.75) is 6.54 Å². The van der Waals surface area contributed by atoms with Gasteiger partial charge in [0.1, 0.15) is 16.5 Å². The Kier molecular flexibility index (Phi) is 7.19. The number of nitrogens with zero attached hydrogens (tertiary/aromatic N) is 1. The number of rotatable bonds is 9. The number of hydrogen-bond donors (Lipinski definition) is 1. The van der Waals surface area contributed by atoms with E-state index in [1.807, 2.05) is 12.1 Å². The van der Waals surface area contributed by atoms with Gasteiger partial charge in [-0.1, -0.05) is 0 Å². The van der Waals surface area contributed by atoms with Crippen molar-refractivity contribution in [3.63, 3.8) is 0 Å². The highest BCUT2D eigenvalue weighted by Gasteiger charge is 2.16. The highest BCUT2D eigenvalue weighted by atomic mass is 32.1. The highest BCUT2D eigenvalue weighted by Crippen LogP contribution is 2.35. The summed E-state index contributed by atoms with van der Waals surface area (Å²) in [6.07, 6.45) is 0. The van der Waals surface area contributed by atoms with E-state index in [0.29, 0.717) is 39.4 Å². The van der Waals surface area contributed by atoms with Crippen molar-refractivity contribution in [1.82, 2.24) is 10.3 Å². The topological polar surface area (TPSA) is 88.1 Å². The van der Waals surface area contributed by atoms with Crippen LogP contribution in [0.25, 0.3) is 10.6 Å². The SMILES string of the molecule is COc1cc(OC)c(OC)cc1CNC(=O)c1csc(-c2ccc(OC)c(OC)c2)n1. The Morgan fingerprint density at radius 1 is 0.839 bits per heavy atom. The Labute approximate surface area is 184 Å². The van der Waals surface area contributed by atoms with E-state index >= 15 is 0 Å². The van der Waals surface area contributed by atoms with Crippen molar-refractivity contribution in [1.29, 1.82) is 0 Å². The van der Waals surface area contributed by atoms with Gasteiger partial charge in [-0.15, -0.1) is 11.3 Å². The van der Waals surface area contributed by atoms with Crippen molar-refractivity contribution in [2.24, 2.45) is 0 Å². The van der Waals surface area contributed by atoms with Gasteiger partial charge in [-0.05, 0) is 24.3 Å². The third-order valence-electron chi connectivity index (χ3n) is 4.59. The minimum Gasteiger partial charge on any atom is -0.496 e. The summed E-state index contributed by atoms with van der Waals surface area (Å²) in [7, 11) is 7.82. The van der Waals surface area contributed by atoms with Crippen LogP contribution in [0, 0.1) is 0 Å². The molecule has 9 heteroatoms. The van der Waals surface area contributed by atoms with Crippen LogP contribution >= 0.6 is 11.3 Å². The van der Waals surface area contributed by atoms with Crippen LogP contribution in [-0.4, -0.2) is 46.4 Å². The molecule has 0 spiro atoms. The summed E-state index contributed by atoms with van der Waals surface area (Å²) in [6.45, 7) is 0.242. The maximum atomic E-state index is 12.7. The summed E-state index contributed by atoms with van der Waals surface area (Å²) in [5.74, 6) is 2.62. The van der Waals surface area contributed by atoms with Gasteiger partial charge in [0.15, 0.2) is 23.0 Å². The average Bonchev–Trinajstić information content (AvgIpc) is 3.31. The van der Waals surface area contributed by atoms with Crippen molar-refractivity contribution in [2.75, 3.05) is 35.5 Å². The summed E-state index contributed by atoms with van der Waals surface area (Å²) in [5.41, 5.74) is 1.92. The van der Waals surface area contributed by atoms with E-state index < -0.39 is 0 Å². The van der Waals surface area contributed by atoms with Crippen molar-refractivity contribution < 1.29 is 28.5 Å². The van der Waals surface area contributed by atoms with E-state index in [9.17, 15) is 4.79 Å². The van der Waals surface area contributed by atoms with Crippen LogP contribution in [0.3, 0.4) is 0 Å². The van der Waals surface area contributed by atoms with Crippen LogP contribution in [0.2, 0.25) is 0 Å². The Hall–Kier alpha value is -3.46. The van der Waals surface area contributed by atoms with E-state index in [2.05, 4.69) is 10.3 Å². The van der Waals surface area contributed by atoms with Crippen LogP contribution in [-0.2, 0) is 6.54 Å². The number of amides is 1. The lowest BCUT2D eigenvalue weighted by molar-refractivity contribution is 0.0946. The second kappa shape index (κ2) is 10.0. The predicted molar refractivity (Wildman–Crippen MR) is 118 cm³/mol. The van der Waals surface area contributed by atoms with Gasteiger partial charge >= 0.3 is 0 Å². The normalized spacial score (nSPS) is 10.4. The molecular weight excluding hydrogens is 420 g/mol. The standard InChI is InChI=1S/C22H24N2O6S/c1-26-16-7-6-13(8-18(16)28-3)22-24-15(12-31-22)21(25)23-11-14-9-19(29-4)20(30-5)10-17(14)27-2/h6-10,12H,11H2,1-5H3,(H,23,25). The molecule has 3 aromatic rings. The van der Waals surface area contributed by atoms with Crippen LogP contribution in [0.1, 0.15) is 16.1 Å². The number of benzene rings is 2. The van der Waals surface area contributed by atoms with Gasteiger partial charge in [0.05, 0.1) is 35.5 Å². The maximum Gasteiger partial charge on any atom is 0.271 e. The monoisotopic (exact) mass is 444 g/mol. The van der Waals surface area contributed by atoms with Crippen LogP contribution < -0.4 is 29.0 Å². The first kappa shape index (κ1) is 22.2. The first-order valence-electron chi connectivity index (χ1n) is 9.29. The minimum absolute atomic E-state index is 0.242. The first-order chi connectivity index (χ1) is 15.0. The van der Waals surface area contributed by atoms with E-state index in [4.69, 9.17) is 23.7 Å². The minimum atomic E-state index is -0.292. The molecule has 0 aliphatic rings. The summed E-state index contributed by atoms with van der Waals surface area (Å²) in [4.78, 5) is 17.1. The molecule has 1 heterocycles. The molecule has 0 aliphatic carbocycles. The molecule has 0 radical (unpaired) electrons. The Balaban J connectivity index is 1.75. The summed E-state index contributed by atoms with van der Waals surface area (Å²) >= 11 is 1.37. The van der Waals surface area contributed by atoms with Crippen molar-refractivity contribution >= 4 is 17.2 Å². The van der Waals surface area contributed by atoms with E-state index in [1.165, 1.54) is 11.3 Å². The molecule has 2 aromatic carbocycles. The van der Waals surface area contributed by atoms with Gasteiger partial charge in [-0.25, -0.2) is 4.98 Å². The molecule has 0 bridgehead atoms. The summed E-state index contributed by atoms with van der Waals surface area (Å²) < 4.78 is 26.6. The molecule has 0 aliphatic heterocycles. The molecule has 31 heavy (non-hydrogen) atoms. The fraction of sp³-hybridized carbons (Fsp3) is 0.273. The predicted octanol–water partition coefficient (Wildman–Crippen LogP) is 3.78. The fourth-order valence-corrected chi connectivity index (χ4v) is 3.77. The Morgan fingerprint density at radius 2 is 1.45 bits per heavy atom. The molecule has 1 N–H and O–H groups in total. The van der Waals surface area contributed by atoms with Gasteiger partial charge in [0.2, 0.25) is 0 Å². The lowest BCUT2D eigenvalue weighted by atomic mass is 10.1. The molecule has 3 rings (SSSR count). The van der Waals surface area contributed by atoms with Crippen LogP contribution in [0.15, 0.2) is 35.7 Å². The van der Waals surface area contributed by atoms with Gasteiger partial charge in [-0.3, -0.25) is 4.79 Å². The number of aromatic nitrogens is 1. The van der Waals surface area contributed by atoms with E-state index in [-0.39, 0.29) is 12.5 Å². The first-order valence-corrected chi connectivity index (χ1v) is 10.2. The number of thiazole rings is 1. The number of ether oxygens (including phenoxy) is 5. The molecule has 0 saturated heterocycles. The number of nitrogens with one attached hydrogen (secondary N) is 1. The molecule has 1 amide bonds. The fourth-order valence-electron chi connectivity index (χ4n) is 2.98. The highest BCUT2D eigenvalue weighted by molar-refractivity contribution is 7.13. The zero-order valence-corrected chi connectivity index (χ0v) is 18.8. The quantitative estimate of drug-likeness (QED) is 0.537. The smallest absolute Gasteiger partial charge is 0.271 e. The largest absolute Gasteiger partial charge is 0.496 e. The third-order valence-corrected chi connectivity index (χ3v) is 5.48. The second-order valence-electron chi connectivity index (χ2n) is 6.31. The van der Waals surface area contributed by atoms with E-state index in [0.717, 1.165) is 11.1 Å². The molecule has 0 unspecified atom stereocenters. The summed E-state index contributed by atoms with van der Waals surface area (Å²) in [5, 5.41) is 5.29. The molecule has 8 nitrogen and oxygen atoms in total. The second-order valence-corrected chi connectivity index (χ2v) is 7.17. The third kappa shape index (κ3) is 4.83. The van der Waals surface area contributed by atoms with Gasteiger partial charge in [0.25, 0.3) is 5.91 Å². The Morgan fingerprint density at radius 3 is 2.10 bits per heavy atom. The molecule has 0 atom stereocenters. The number of carbonyl (C=O) groups excluding carboxylic acids is 1. The number of methoxy groups -OCH3 is 5. The van der Waals surface area contributed by atoms with Crippen LogP contribution in [0.4, 0.5) is 0 Å². The van der Waals surface area contributed by atoms with Crippen molar-refractivity contribution in [3.05, 3.63) is 47.0 Å². The van der Waals surface area contributed by atoms with E-state index in [1.54, 1.807) is 59.1 Å². The molecule has 164 valence electrons. The average molecular weight is 445 g/mol. The Bertz CT molecular complexity index is 1070. The number of carbonyl (C=O) groups is 1. The van der Waals surface area contributed by atoms with Gasteiger partial charge < -0.3 is 29.0 Å².